The van der Waals surface area contributed by atoms with Crippen LogP contribution in [0.4, 0.5) is 5.69 Å². The fraction of sp³-hybridized carbons (Fsp3) is 0.417. The van der Waals surface area contributed by atoms with Crippen LogP contribution < -0.4 is 11.1 Å². The predicted octanol–water partition coefficient (Wildman–Crippen LogP) is 1.93. The molecule has 3 N–H and O–H groups in total. The maximum absolute atomic E-state index is 11.4. The van der Waals surface area contributed by atoms with Crippen molar-refractivity contribution in [2.45, 2.75) is 6.42 Å². The van der Waals surface area contributed by atoms with Crippen LogP contribution in [-0.2, 0) is 9.84 Å². The fourth-order valence-electron chi connectivity index (χ4n) is 2.12. The molecule has 4 nitrogen and oxygen atoms in total. The van der Waals surface area contributed by atoms with Gasteiger partial charge in [-0.3, -0.25) is 0 Å². The van der Waals surface area contributed by atoms with Gasteiger partial charge in [-0.15, -0.1) is 0 Å². The molecule has 0 radical (unpaired) electrons. The van der Waals surface area contributed by atoms with E-state index in [0.29, 0.717) is 17.3 Å². The van der Waals surface area contributed by atoms with Gasteiger partial charge in [0.1, 0.15) is 4.99 Å². The molecule has 19 heavy (non-hydrogen) atoms. The quantitative estimate of drug-likeness (QED) is 0.800. The van der Waals surface area contributed by atoms with E-state index in [9.17, 15) is 8.42 Å². The van der Waals surface area contributed by atoms with Crippen molar-refractivity contribution < 1.29 is 8.42 Å². The second-order valence-electron chi connectivity index (χ2n) is 4.71. The van der Waals surface area contributed by atoms with E-state index >= 15 is 0 Å². The summed E-state index contributed by atoms with van der Waals surface area (Å²) in [7, 11) is -2.81. The molecule has 1 aliphatic heterocycles. The van der Waals surface area contributed by atoms with E-state index < -0.39 is 9.84 Å². The zero-order valence-electron chi connectivity index (χ0n) is 10.2. The summed E-state index contributed by atoms with van der Waals surface area (Å²) in [5, 5.41) is 3.25. The minimum absolute atomic E-state index is 0.194. The SMILES string of the molecule is NC(=S)c1ccc(NCC2CCS(=O)(=O)C2)cc1Br. The second kappa shape index (κ2) is 5.76. The first-order valence-electron chi connectivity index (χ1n) is 5.91. The fourth-order valence-corrected chi connectivity index (χ4v) is 4.88. The molecule has 0 spiro atoms. The Morgan fingerprint density at radius 3 is 2.79 bits per heavy atom. The molecule has 1 aromatic rings. The molecular formula is C12H15BrN2O2S2. The summed E-state index contributed by atoms with van der Waals surface area (Å²) in [5.41, 5.74) is 7.30. The standard InChI is InChI=1S/C12H15BrN2O2S2/c13-11-5-9(1-2-10(11)12(14)18)15-6-8-3-4-19(16,17)7-8/h1-2,5,8,15H,3-4,6-7H2,(H2,14,18). The van der Waals surface area contributed by atoms with Gasteiger partial charge < -0.3 is 11.1 Å². The Balaban J connectivity index is 1.97. The normalized spacial score (nSPS) is 21.2. The summed E-state index contributed by atoms with van der Waals surface area (Å²) < 4.78 is 23.6. The van der Waals surface area contributed by atoms with E-state index in [1.165, 1.54) is 0 Å². The van der Waals surface area contributed by atoms with Crippen LogP contribution >= 0.6 is 28.1 Å². The minimum Gasteiger partial charge on any atom is -0.389 e. The maximum atomic E-state index is 11.4. The van der Waals surface area contributed by atoms with Crippen molar-refractivity contribution in [2.75, 3.05) is 23.4 Å². The molecule has 1 aliphatic rings. The number of thiocarbonyl (C=S) groups is 1. The summed E-state index contributed by atoms with van der Waals surface area (Å²) in [6.45, 7) is 0.665. The highest BCUT2D eigenvalue weighted by Gasteiger charge is 2.27. The highest BCUT2D eigenvalue weighted by atomic mass is 79.9. The lowest BCUT2D eigenvalue weighted by Gasteiger charge is -2.12. The van der Waals surface area contributed by atoms with Gasteiger partial charge in [-0.05, 0) is 46.5 Å². The first-order valence-corrected chi connectivity index (χ1v) is 8.93. The van der Waals surface area contributed by atoms with Gasteiger partial charge in [0.15, 0.2) is 9.84 Å². The summed E-state index contributed by atoms with van der Waals surface area (Å²) in [5.74, 6) is 0.786. The Morgan fingerprint density at radius 1 is 1.53 bits per heavy atom. The zero-order valence-corrected chi connectivity index (χ0v) is 13.4. The molecule has 0 bridgehead atoms. The molecular weight excluding hydrogens is 348 g/mol. The molecule has 1 saturated heterocycles. The van der Waals surface area contributed by atoms with Crippen molar-refractivity contribution in [3.05, 3.63) is 28.2 Å². The van der Waals surface area contributed by atoms with Gasteiger partial charge in [0.2, 0.25) is 0 Å². The number of nitrogens with two attached hydrogens (primary N) is 1. The van der Waals surface area contributed by atoms with Crippen LogP contribution in [0.1, 0.15) is 12.0 Å². The monoisotopic (exact) mass is 362 g/mol. The number of anilines is 1. The lowest BCUT2D eigenvalue weighted by molar-refractivity contribution is 0.596. The summed E-state index contributed by atoms with van der Waals surface area (Å²) in [6.07, 6.45) is 0.738. The van der Waals surface area contributed by atoms with Gasteiger partial charge in [-0.2, -0.15) is 0 Å². The van der Waals surface area contributed by atoms with E-state index in [4.69, 9.17) is 18.0 Å². The van der Waals surface area contributed by atoms with Gasteiger partial charge in [-0.1, -0.05) is 12.2 Å². The van der Waals surface area contributed by atoms with Crippen LogP contribution in [0.2, 0.25) is 0 Å². The summed E-state index contributed by atoms with van der Waals surface area (Å²) in [6, 6.07) is 5.64. The largest absolute Gasteiger partial charge is 0.389 e. The van der Waals surface area contributed by atoms with E-state index in [1.54, 1.807) is 0 Å². The van der Waals surface area contributed by atoms with Gasteiger partial charge in [-0.25, -0.2) is 8.42 Å². The molecule has 0 amide bonds. The molecule has 1 heterocycles. The van der Waals surface area contributed by atoms with Crippen LogP contribution in [-0.4, -0.2) is 31.5 Å². The molecule has 2 rings (SSSR count). The number of hydrogen-bond acceptors (Lipinski definition) is 4. The van der Waals surface area contributed by atoms with E-state index in [2.05, 4.69) is 21.2 Å². The van der Waals surface area contributed by atoms with E-state index in [-0.39, 0.29) is 11.7 Å². The minimum atomic E-state index is -2.81. The van der Waals surface area contributed by atoms with E-state index in [1.807, 2.05) is 18.2 Å². The van der Waals surface area contributed by atoms with Gasteiger partial charge >= 0.3 is 0 Å². The third-order valence-electron chi connectivity index (χ3n) is 3.16. The van der Waals surface area contributed by atoms with Crippen molar-refractivity contribution in [1.82, 2.24) is 0 Å². The van der Waals surface area contributed by atoms with Crippen molar-refractivity contribution >= 4 is 48.7 Å². The Kier molecular flexibility index (Phi) is 4.47. The van der Waals surface area contributed by atoms with E-state index in [0.717, 1.165) is 22.1 Å². The molecule has 104 valence electrons. The number of benzene rings is 1. The number of nitrogens with one attached hydrogen (secondary N) is 1. The highest BCUT2D eigenvalue weighted by molar-refractivity contribution is 9.10. The topological polar surface area (TPSA) is 72.2 Å². The molecule has 0 saturated carbocycles. The van der Waals surface area contributed by atoms with Crippen molar-refractivity contribution in [1.29, 1.82) is 0 Å². The first-order chi connectivity index (χ1) is 8.87. The summed E-state index contributed by atoms with van der Waals surface area (Å²) in [4.78, 5) is 0.348. The Bertz CT molecular complexity index is 602. The predicted molar refractivity (Wildman–Crippen MR) is 85.3 cm³/mol. The maximum Gasteiger partial charge on any atom is 0.150 e. The molecule has 1 unspecified atom stereocenters. The first kappa shape index (κ1) is 14.7. The van der Waals surface area contributed by atoms with Gasteiger partial charge in [0.25, 0.3) is 0 Å². The Hall–Kier alpha value is -0.660. The number of halogens is 1. The van der Waals surface area contributed by atoms with Gasteiger partial charge in [0, 0.05) is 22.3 Å². The number of hydrogen-bond donors (Lipinski definition) is 2. The van der Waals surface area contributed by atoms with Crippen molar-refractivity contribution in [3.8, 4) is 0 Å². The average molecular weight is 363 g/mol. The lowest BCUT2D eigenvalue weighted by atomic mass is 10.1. The molecule has 1 aromatic carbocycles. The Labute approximate surface area is 126 Å². The van der Waals surface area contributed by atoms with Crippen LogP contribution in [0.15, 0.2) is 22.7 Å². The van der Waals surface area contributed by atoms with Crippen LogP contribution in [0.25, 0.3) is 0 Å². The highest BCUT2D eigenvalue weighted by Crippen LogP contribution is 2.23. The molecule has 1 atom stereocenters. The van der Waals surface area contributed by atoms with Crippen LogP contribution in [0, 0.1) is 5.92 Å². The smallest absolute Gasteiger partial charge is 0.150 e. The van der Waals surface area contributed by atoms with Crippen LogP contribution in [0.3, 0.4) is 0 Å². The average Bonchev–Trinajstić information content (AvgIpc) is 2.66. The lowest BCUT2D eigenvalue weighted by Crippen LogP contribution is -2.16. The third-order valence-corrected chi connectivity index (χ3v) is 5.87. The zero-order chi connectivity index (χ0) is 14.0. The third kappa shape index (κ3) is 3.90. The number of rotatable bonds is 4. The van der Waals surface area contributed by atoms with Crippen molar-refractivity contribution in [2.24, 2.45) is 11.7 Å². The Morgan fingerprint density at radius 2 is 2.26 bits per heavy atom. The van der Waals surface area contributed by atoms with Gasteiger partial charge in [0.05, 0.1) is 11.5 Å². The van der Waals surface area contributed by atoms with Crippen molar-refractivity contribution in [3.63, 3.8) is 0 Å². The molecule has 1 fully saturated rings. The number of sulfone groups is 1. The molecule has 7 heteroatoms. The molecule has 0 aromatic heterocycles. The van der Waals surface area contributed by atoms with Crippen LogP contribution in [0.5, 0.6) is 0 Å². The molecule has 0 aliphatic carbocycles. The summed E-state index contributed by atoms with van der Waals surface area (Å²) >= 11 is 8.35. The second-order valence-corrected chi connectivity index (χ2v) is 8.23.